The van der Waals surface area contributed by atoms with Crippen LogP contribution in [0.1, 0.15) is 50.6 Å². The molecule has 1 fully saturated rings. The highest BCUT2D eigenvalue weighted by Gasteiger charge is 2.33. The summed E-state index contributed by atoms with van der Waals surface area (Å²) in [6.07, 6.45) is 6.60. The number of fused-ring (bicyclic) bond motifs is 2. The predicted octanol–water partition coefficient (Wildman–Crippen LogP) is 3.30. The number of para-hydroxylation sites is 1. The minimum absolute atomic E-state index is 0.0297. The van der Waals surface area contributed by atoms with E-state index in [1.165, 1.54) is 12.8 Å². The number of pyridine rings is 1. The average Bonchev–Trinajstić information content (AvgIpc) is 3.48. The highest BCUT2D eigenvalue weighted by Crippen LogP contribution is 2.33. The normalized spacial score (nSPS) is 15.4. The van der Waals surface area contributed by atoms with Gasteiger partial charge in [-0.1, -0.05) is 24.3 Å². The van der Waals surface area contributed by atoms with Crippen molar-refractivity contribution in [3.63, 3.8) is 0 Å². The summed E-state index contributed by atoms with van der Waals surface area (Å²) in [4.78, 5) is 35.9. The molecule has 4 aromatic rings. The molecule has 3 aromatic heterocycles. The molecule has 1 saturated carbocycles. The van der Waals surface area contributed by atoms with Crippen molar-refractivity contribution in [2.24, 2.45) is 5.92 Å². The van der Waals surface area contributed by atoms with Gasteiger partial charge in [-0.2, -0.15) is 5.10 Å². The van der Waals surface area contributed by atoms with Gasteiger partial charge in [-0.05, 0) is 37.0 Å². The van der Waals surface area contributed by atoms with E-state index in [0.717, 1.165) is 34.4 Å². The van der Waals surface area contributed by atoms with Crippen LogP contribution in [0.5, 0.6) is 0 Å². The van der Waals surface area contributed by atoms with E-state index in [0.29, 0.717) is 43.2 Å². The Balaban J connectivity index is 1.27. The Morgan fingerprint density at radius 3 is 2.79 bits per heavy atom. The summed E-state index contributed by atoms with van der Waals surface area (Å²) in [7, 11) is 0. The lowest BCUT2D eigenvalue weighted by molar-refractivity contribution is 0.0732. The van der Waals surface area contributed by atoms with Crippen LogP contribution in [0.4, 0.5) is 0 Å². The molecule has 172 valence electrons. The lowest BCUT2D eigenvalue weighted by atomic mass is 10.0. The SMILES string of the molecule is O=C(NCc1ccccn1)c1nn(CC2CC2)c2c1CN(C(=O)c1c[nH]c3ccccc13)CC2. The van der Waals surface area contributed by atoms with E-state index >= 15 is 0 Å². The second-order valence-electron chi connectivity index (χ2n) is 9.13. The van der Waals surface area contributed by atoms with Gasteiger partial charge in [-0.3, -0.25) is 19.3 Å². The maximum absolute atomic E-state index is 13.4. The number of nitrogens with zero attached hydrogens (tertiary/aromatic N) is 4. The standard InChI is InChI=1S/C26H26N6O2/c33-25(29-13-18-5-3-4-11-27-18)24-21-16-31(12-10-23(21)32(30-24)15-17-8-9-17)26(34)20-14-28-22-7-2-1-6-19(20)22/h1-7,11,14,17,28H,8-10,12-13,15-16H2,(H,29,33). The fourth-order valence-electron chi connectivity index (χ4n) is 4.72. The predicted molar refractivity (Wildman–Crippen MR) is 127 cm³/mol. The molecule has 1 aliphatic carbocycles. The van der Waals surface area contributed by atoms with Gasteiger partial charge in [0.15, 0.2) is 5.69 Å². The zero-order valence-corrected chi connectivity index (χ0v) is 18.8. The minimum Gasteiger partial charge on any atom is -0.360 e. The van der Waals surface area contributed by atoms with Crippen molar-refractivity contribution in [2.75, 3.05) is 6.54 Å². The number of amides is 2. The van der Waals surface area contributed by atoms with Gasteiger partial charge in [0.1, 0.15) is 0 Å². The Hall–Kier alpha value is -3.94. The van der Waals surface area contributed by atoms with Crippen molar-refractivity contribution in [3.05, 3.63) is 83.1 Å². The summed E-state index contributed by atoms with van der Waals surface area (Å²) >= 11 is 0. The van der Waals surface area contributed by atoms with Crippen molar-refractivity contribution in [2.45, 2.75) is 38.9 Å². The van der Waals surface area contributed by atoms with Gasteiger partial charge in [0.05, 0.1) is 24.3 Å². The molecule has 8 heteroatoms. The number of carbonyl (C=O) groups excluding carboxylic acids is 2. The van der Waals surface area contributed by atoms with Crippen LogP contribution in [0.15, 0.2) is 54.9 Å². The Morgan fingerprint density at radius 1 is 1.12 bits per heavy atom. The molecule has 0 saturated heterocycles. The molecule has 2 N–H and O–H groups in total. The molecule has 34 heavy (non-hydrogen) atoms. The van der Waals surface area contributed by atoms with Crippen LogP contribution < -0.4 is 5.32 Å². The largest absolute Gasteiger partial charge is 0.360 e. The highest BCUT2D eigenvalue weighted by atomic mass is 16.2. The molecule has 1 aliphatic heterocycles. The smallest absolute Gasteiger partial charge is 0.272 e. The number of hydrogen-bond donors (Lipinski definition) is 2. The molecular formula is C26H26N6O2. The van der Waals surface area contributed by atoms with Crippen LogP contribution in [0.2, 0.25) is 0 Å². The Bertz CT molecular complexity index is 1370. The minimum atomic E-state index is -0.224. The number of rotatable bonds is 6. The van der Waals surface area contributed by atoms with Crippen molar-refractivity contribution in [1.29, 1.82) is 0 Å². The lowest BCUT2D eigenvalue weighted by Gasteiger charge is -2.28. The zero-order chi connectivity index (χ0) is 23.1. The second kappa shape index (κ2) is 8.44. The maximum atomic E-state index is 13.4. The molecule has 0 radical (unpaired) electrons. The first kappa shape index (κ1) is 20.7. The van der Waals surface area contributed by atoms with Gasteiger partial charge in [0.25, 0.3) is 11.8 Å². The summed E-state index contributed by atoms with van der Waals surface area (Å²) in [6.45, 7) is 2.16. The number of nitrogens with one attached hydrogen (secondary N) is 2. The third-order valence-electron chi connectivity index (χ3n) is 6.74. The van der Waals surface area contributed by atoms with E-state index in [2.05, 4.69) is 15.3 Å². The number of aromatic nitrogens is 4. The van der Waals surface area contributed by atoms with Crippen LogP contribution >= 0.6 is 0 Å². The van der Waals surface area contributed by atoms with Crippen molar-refractivity contribution in [3.8, 4) is 0 Å². The maximum Gasteiger partial charge on any atom is 0.272 e. The number of H-pyrrole nitrogens is 1. The Morgan fingerprint density at radius 2 is 1.97 bits per heavy atom. The van der Waals surface area contributed by atoms with Gasteiger partial charge in [0.2, 0.25) is 0 Å². The molecule has 4 heterocycles. The highest BCUT2D eigenvalue weighted by molar-refractivity contribution is 6.06. The third kappa shape index (κ3) is 3.85. The zero-order valence-electron chi connectivity index (χ0n) is 18.8. The Kier molecular flexibility index (Phi) is 5.13. The van der Waals surface area contributed by atoms with E-state index in [-0.39, 0.29) is 11.8 Å². The van der Waals surface area contributed by atoms with Crippen LogP contribution in [-0.2, 0) is 26.1 Å². The first-order chi connectivity index (χ1) is 16.7. The average molecular weight is 455 g/mol. The van der Waals surface area contributed by atoms with Crippen LogP contribution in [0.25, 0.3) is 10.9 Å². The molecule has 2 aliphatic rings. The monoisotopic (exact) mass is 454 g/mol. The summed E-state index contributed by atoms with van der Waals surface area (Å²) in [5.74, 6) is 0.384. The van der Waals surface area contributed by atoms with Crippen LogP contribution in [-0.4, -0.2) is 43.0 Å². The summed E-state index contributed by atoms with van der Waals surface area (Å²) in [5, 5.41) is 8.60. The van der Waals surface area contributed by atoms with Gasteiger partial charge < -0.3 is 15.2 Å². The summed E-state index contributed by atoms with van der Waals surface area (Å²) < 4.78 is 2.01. The second-order valence-corrected chi connectivity index (χ2v) is 9.13. The van der Waals surface area contributed by atoms with E-state index in [9.17, 15) is 9.59 Å². The van der Waals surface area contributed by atoms with Crippen molar-refractivity contribution in [1.82, 2.24) is 30.0 Å². The molecule has 0 spiro atoms. The Labute approximate surface area is 197 Å². The van der Waals surface area contributed by atoms with Crippen LogP contribution in [0.3, 0.4) is 0 Å². The summed E-state index contributed by atoms with van der Waals surface area (Å²) in [6, 6.07) is 13.4. The van der Waals surface area contributed by atoms with Crippen molar-refractivity contribution >= 4 is 22.7 Å². The van der Waals surface area contributed by atoms with Gasteiger partial charge >= 0.3 is 0 Å². The third-order valence-corrected chi connectivity index (χ3v) is 6.74. The molecule has 0 atom stereocenters. The fraction of sp³-hybridized carbons (Fsp3) is 0.308. The number of carbonyl (C=O) groups is 2. The van der Waals surface area contributed by atoms with E-state index in [1.54, 1.807) is 12.4 Å². The molecule has 2 amide bonds. The number of benzene rings is 1. The topological polar surface area (TPSA) is 95.9 Å². The quantitative estimate of drug-likeness (QED) is 0.467. The molecule has 8 nitrogen and oxygen atoms in total. The summed E-state index contributed by atoms with van der Waals surface area (Å²) in [5.41, 5.74) is 4.75. The van der Waals surface area contributed by atoms with E-state index < -0.39 is 0 Å². The molecule has 1 aromatic carbocycles. The van der Waals surface area contributed by atoms with Gasteiger partial charge in [-0.25, -0.2) is 0 Å². The molecule has 6 rings (SSSR count). The fourth-order valence-corrected chi connectivity index (χ4v) is 4.72. The molecule has 0 bridgehead atoms. The first-order valence-electron chi connectivity index (χ1n) is 11.8. The van der Waals surface area contributed by atoms with E-state index in [4.69, 9.17) is 5.10 Å². The number of hydrogen-bond acceptors (Lipinski definition) is 4. The van der Waals surface area contributed by atoms with E-state index in [1.807, 2.05) is 52.0 Å². The van der Waals surface area contributed by atoms with Crippen molar-refractivity contribution < 1.29 is 9.59 Å². The molecular weight excluding hydrogens is 428 g/mol. The first-order valence-corrected chi connectivity index (χ1v) is 11.8. The van der Waals surface area contributed by atoms with Gasteiger partial charge in [0, 0.05) is 54.1 Å². The van der Waals surface area contributed by atoms with Crippen LogP contribution in [0, 0.1) is 5.92 Å². The number of aromatic amines is 1. The lowest BCUT2D eigenvalue weighted by Crippen LogP contribution is -2.37. The van der Waals surface area contributed by atoms with Gasteiger partial charge in [-0.15, -0.1) is 0 Å². The molecule has 0 unspecified atom stereocenters.